The Morgan fingerprint density at radius 2 is 2.00 bits per heavy atom. The van der Waals surface area contributed by atoms with Gasteiger partial charge < -0.3 is 5.32 Å². The van der Waals surface area contributed by atoms with Crippen molar-refractivity contribution in [1.82, 2.24) is 10.2 Å². The van der Waals surface area contributed by atoms with Crippen molar-refractivity contribution in [3.8, 4) is 0 Å². The van der Waals surface area contributed by atoms with Crippen LogP contribution in [0.4, 0.5) is 13.2 Å². The number of halogens is 3. The monoisotopic (exact) mass is 258 g/mol. The molecule has 0 bridgehead atoms. The van der Waals surface area contributed by atoms with Gasteiger partial charge in [0, 0.05) is 6.54 Å². The molecule has 0 saturated carbocycles. The number of hydrogen-bond donors (Lipinski definition) is 1. The fourth-order valence-corrected chi connectivity index (χ4v) is 2.55. The van der Waals surface area contributed by atoms with Gasteiger partial charge in [0.15, 0.2) is 0 Å². The molecule has 2 nitrogen and oxygen atoms in total. The van der Waals surface area contributed by atoms with Crippen LogP contribution in [0.5, 0.6) is 0 Å². The molecule has 5 heteroatoms. The first-order chi connectivity index (χ1) is 8.36. The first-order valence-corrected chi connectivity index (χ1v) is 5.92. The molecule has 2 rings (SSSR count). The number of nitrogens with one attached hydrogen (secondary N) is 1. The van der Waals surface area contributed by atoms with Crippen LogP contribution in [0.15, 0.2) is 24.3 Å². The smallest absolute Gasteiger partial charge is 0.314 e. The van der Waals surface area contributed by atoms with Crippen LogP contribution in [-0.4, -0.2) is 32.1 Å². The third-order valence-corrected chi connectivity index (χ3v) is 3.72. The summed E-state index contributed by atoms with van der Waals surface area (Å²) in [4.78, 5) is 2.00. The summed E-state index contributed by atoms with van der Waals surface area (Å²) >= 11 is 0. The molecule has 0 aliphatic carbocycles. The fourth-order valence-electron chi connectivity index (χ4n) is 2.55. The molecular weight excluding hydrogens is 241 g/mol. The largest absolute Gasteiger partial charge is 0.416 e. The van der Waals surface area contributed by atoms with Gasteiger partial charge in [-0.25, -0.2) is 0 Å². The van der Waals surface area contributed by atoms with Gasteiger partial charge in [0.05, 0.1) is 11.1 Å². The standard InChI is InChI=1S/C13H17F3N2/c1-18(2)12(6-7-17-9-12)10-4-3-5-11(8-10)13(14,15)16/h3-5,8,17H,6-7,9H2,1-2H3. The maximum atomic E-state index is 12.8. The highest BCUT2D eigenvalue weighted by molar-refractivity contribution is 5.32. The van der Waals surface area contributed by atoms with Crippen LogP contribution in [0.1, 0.15) is 17.5 Å². The summed E-state index contributed by atoms with van der Waals surface area (Å²) in [6.45, 7) is 1.51. The zero-order chi connectivity index (χ0) is 13.4. The van der Waals surface area contributed by atoms with Gasteiger partial charge in [-0.1, -0.05) is 12.1 Å². The summed E-state index contributed by atoms with van der Waals surface area (Å²) in [5.74, 6) is 0. The Kier molecular flexibility index (Phi) is 3.38. The highest BCUT2D eigenvalue weighted by atomic mass is 19.4. The van der Waals surface area contributed by atoms with Crippen LogP contribution in [0.2, 0.25) is 0 Å². The molecule has 1 heterocycles. The summed E-state index contributed by atoms with van der Waals surface area (Å²) in [6, 6.07) is 5.66. The highest BCUT2D eigenvalue weighted by Gasteiger charge is 2.39. The summed E-state index contributed by atoms with van der Waals surface area (Å²) in [5.41, 5.74) is -0.179. The normalized spacial score (nSPS) is 24.8. The van der Waals surface area contributed by atoms with E-state index < -0.39 is 11.7 Å². The van der Waals surface area contributed by atoms with Crippen molar-refractivity contribution in [3.05, 3.63) is 35.4 Å². The lowest BCUT2D eigenvalue weighted by molar-refractivity contribution is -0.137. The van der Waals surface area contributed by atoms with E-state index in [-0.39, 0.29) is 5.54 Å². The average molecular weight is 258 g/mol. The lowest BCUT2D eigenvalue weighted by Gasteiger charge is -2.36. The Morgan fingerprint density at radius 3 is 2.50 bits per heavy atom. The van der Waals surface area contributed by atoms with Gasteiger partial charge in [0.2, 0.25) is 0 Å². The second kappa shape index (κ2) is 4.55. The molecule has 1 unspecified atom stereocenters. The quantitative estimate of drug-likeness (QED) is 0.876. The molecule has 0 spiro atoms. The third kappa shape index (κ3) is 2.24. The van der Waals surface area contributed by atoms with Crippen molar-refractivity contribution in [3.63, 3.8) is 0 Å². The summed E-state index contributed by atoms with van der Waals surface area (Å²) in [5, 5.41) is 3.23. The van der Waals surface area contributed by atoms with E-state index in [0.29, 0.717) is 6.54 Å². The zero-order valence-electron chi connectivity index (χ0n) is 10.5. The molecule has 1 N–H and O–H groups in total. The van der Waals surface area contributed by atoms with Gasteiger partial charge >= 0.3 is 6.18 Å². The predicted molar refractivity (Wildman–Crippen MR) is 64.3 cm³/mol. The van der Waals surface area contributed by atoms with Crippen molar-refractivity contribution >= 4 is 0 Å². The minimum absolute atomic E-state index is 0.332. The average Bonchev–Trinajstić information content (AvgIpc) is 2.78. The first kappa shape index (κ1) is 13.4. The van der Waals surface area contributed by atoms with E-state index in [9.17, 15) is 13.2 Å². The highest BCUT2D eigenvalue weighted by Crippen LogP contribution is 2.36. The van der Waals surface area contributed by atoms with Crippen molar-refractivity contribution in [2.45, 2.75) is 18.1 Å². The fraction of sp³-hybridized carbons (Fsp3) is 0.538. The maximum absolute atomic E-state index is 12.8. The van der Waals surface area contributed by atoms with Crippen LogP contribution >= 0.6 is 0 Å². The topological polar surface area (TPSA) is 15.3 Å². The SMILES string of the molecule is CN(C)C1(c2cccc(C(F)(F)F)c2)CCNC1. The minimum Gasteiger partial charge on any atom is -0.314 e. The molecule has 1 saturated heterocycles. The Balaban J connectivity index is 2.44. The maximum Gasteiger partial charge on any atom is 0.416 e. The van der Waals surface area contributed by atoms with Gasteiger partial charge in [-0.3, -0.25) is 4.90 Å². The zero-order valence-corrected chi connectivity index (χ0v) is 10.5. The molecule has 1 atom stereocenters. The van der Waals surface area contributed by atoms with Crippen LogP contribution in [0.25, 0.3) is 0 Å². The summed E-state index contributed by atoms with van der Waals surface area (Å²) in [6.07, 6.45) is -3.46. The number of rotatable bonds is 2. The van der Waals surface area contributed by atoms with Gasteiger partial charge in [-0.05, 0) is 44.8 Å². The molecule has 1 aliphatic heterocycles. The van der Waals surface area contributed by atoms with E-state index >= 15 is 0 Å². The summed E-state index contributed by atoms with van der Waals surface area (Å²) in [7, 11) is 3.82. The summed E-state index contributed by atoms with van der Waals surface area (Å²) < 4.78 is 38.3. The van der Waals surface area contributed by atoms with E-state index in [1.807, 2.05) is 19.0 Å². The molecule has 1 aromatic carbocycles. The van der Waals surface area contributed by atoms with Crippen molar-refractivity contribution in [2.24, 2.45) is 0 Å². The van der Waals surface area contributed by atoms with E-state index in [4.69, 9.17) is 0 Å². The number of likely N-dealkylation sites (N-methyl/N-ethyl adjacent to an activating group) is 1. The van der Waals surface area contributed by atoms with E-state index in [2.05, 4.69) is 5.32 Å². The molecule has 1 aliphatic rings. The van der Waals surface area contributed by atoms with Gasteiger partial charge in [0.25, 0.3) is 0 Å². The number of benzene rings is 1. The minimum atomic E-state index is -4.28. The second-order valence-electron chi connectivity index (χ2n) is 4.93. The predicted octanol–water partition coefficient (Wildman–Crippen LogP) is 2.46. The van der Waals surface area contributed by atoms with Crippen LogP contribution < -0.4 is 5.32 Å². The number of nitrogens with zero attached hydrogens (tertiary/aromatic N) is 1. The third-order valence-electron chi connectivity index (χ3n) is 3.72. The molecular formula is C13H17F3N2. The molecule has 18 heavy (non-hydrogen) atoms. The molecule has 1 aromatic rings. The first-order valence-electron chi connectivity index (χ1n) is 5.92. The van der Waals surface area contributed by atoms with Gasteiger partial charge in [-0.2, -0.15) is 13.2 Å². The number of hydrogen-bond acceptors (Lipinski definition) is 2. The lowest BCUT2D eigenvalue weighted by atomic mass is 9.87. The van der Waals surface area contributed by atoms with Crippen molar-refractivity contribution < 1.29 is 13.2 Å². The Hall–Kier alpha value is -1.07. The van der Waals surface area contributed by atoms with Crippen LogP contribution in [0.3, 0.4) is 0 Å². The Morgan fingerprint density at radius 1 is 1.28 bits per heavy atom. The molecule has 0 amide bonds. The van der Waals surface area contributed by atoms with Gasteiger partial charge in [-0.15, -0.1) is 0 Å². The molecule has 100 valence electrons. The second-order valence-corrected chi connectivity index (χ2v) is 4.93. The number of alkyl halides is 3. The van der Waals surface area contributed by atoms with Crippen molar-refractivity contribution in [2.75, 3.05) is 27.2 Å². The lowest BCUT2D eigenvalue weighted by Crippen LogP contribution is -2.43. The van der Waals surface area contributed by atoms with E-state index in [1.54, 1.807) is 6.07 Å². The van der Waals surface area contributed by atoms with Crippen molar-refractivity contribution in [1.29, 1.82) is 0 Å². The van der Waals surface area contributed by atoms with Crippen LogP contribution in [0, 0.1) is 0 Å². The Bertz CT molecular complexity index is 420. The molecule has 0 radical (unpaired) electrons. The molecule has 0 aromatic heterocycles. The Labute approximate surface area is 105 Å². The van der Waals surface area contributed by atoms with Gasteiger partial charge in [0.1, 0.15) is 0 Å². The molecule has 1 fully saturated rings. The van der Waals surface area contributed by atoms with Crippen LogP contribution in [-0.2, 0) is 11.7 Å². The van der Waals surface area contributed by atoms with E-state index in [1.165, 1.54) is 12.1 Å². The van der Waals surface area contributed by atoms with E-state index in [0.717, 1.165) is 24.6 Å².